The number of nitrogens with zero attached hydrogens (tertiary/aromatic N) is 2. The molecule has 1 aromatic carbocycles. The molecule has 0 spiro atoms. The Morgan fingerprint density at radius 3 is 2.56 bits per heavy atom. The van der Waals surface area contributed by atoms with Crippen LogP contribution >= 0.6 is 0 Å². The number of carbonyl (C=O) groups excluding carboxylic acids is 2. The first-order valence-electron chi connectivity index (χ1n) is 11.7. The topological polar surface area (TPSA) is 90.1 Å². The second kappa shape index (κ2) is 10.1. The third-order valence-electron chi connectivity index (χ3n) is 6.42. The molecule has 1 aliphatic heterocycles. The monoisotopic (exact) mass is 457 g/mol. The maximum absolute atomic E-state index is 12.9. The van der Waals surface area contributed by atoms with E-state index < -0.39 is 0 Å². The van der Waals surface area contributed by atoms with Gasteiger partial charge < -0.3 is 20.5 Å². The molecule has 0 unspecified atom stereocenters. The van der Waals surface area contributed by atoms with Crippen molar-refractivity contribution in [1.82, 2.24) is 20.2 Å². The van der Waals surface area contributed by atoms with E-state index >= 15 is 0 Å². The molecule has 3 N–H and O–H groups in total. The Bertz CT molecular complexity index is 1240. The number of fused-ring (bicyclic) bond motifs is 1. The number of nitrogens with one attached hydrogen (secondary N) is 3. The summed E-state index contributed by atoms with van der Waals surface area (Å²) in [6.07, 6.45) is 5.33. The average molecular weight is 458 g/mol. The van der Waals surface area contributed by atoms with Crippen LogP contribution in [-0.2, 0) is 4.79 Å². The summed E-state index contributed by atoms with van der Waals surface area (Å²) in [6, 6.07) is 9.70. The van der Waals surface area contributed by atoms with E-state index in [9.17, 15) is 9.59 Å². The molecule has 0 fully saturated rings. The lowest BCUT2D eigenvalue weighted by Gasteiger charge is -2.18. The molecule has 3 aromatic rings. The normalized spacial score (nSPS) is 13.9. The van der Waals surface area contributed by atoms with Crippen molar-refractivity contribution >= 4 is 29.2 Å². The zero-order valence-electron chi connectivity index (χ0n) is 20.2. The Hall–Kier alpha value is -3.71. The van der Waals surface area contributed by atoms with Gasteiger partial charge in [-0.25, -0.2) is 0 Å². The van der Waals surface area contributed by atoms with Gasteiger partial charge in [-0.15, -0.1) is 0 Å². The van der Waals surface area contributed by atoms with Crippen LogP contribution < -0.4 is 10.6 Å². The van der Waals surface area contributed by atoms with Gasteiger partial charge in [-0.05, 0) is 67.9 Å². The van der Waals surface area contributed by atoms with E-state index in [0.29, 0.717) is 17.7 Å². The highest BCUT2D eigenvalue weighted by Gasteiger charge is 2.28. The van der Waals surface area contributed by atoms with Crippen molar-refractivity contribution in [2.24, 2.45) is 0 Å². The van der Waals surface area contributed by atoms with Crippen molar-refractivity contribution in [3.63, 3.8) is 0 Å². The van der Waals surface area contributed by atoms with Crippen LogP contribution in [-0.4, -0.2) is 52.9 Å². The average Bonchev–Trinajstić information content (AvgIpc) is 3.31. The number of anilines is 1. The summed E-state index contributed by atoms with van der Waals surface area (Å²) in [4.78, 5) is 35.6. The number of benzene rings is 1. The Morgan fingerprint density at radius 1 is 1.12 bits per heavy atom. The molecule has 0 radical (unpaired) electrons. The first-order chi connectivity index (χ1) is 16.4. The van der Waals surface area contributed by atoms with Gasteiger partial charge in [0.15, 0.2) is 0 Å². The van der Waals surface area contributed by atoms with E-state index in [-0.39, 0.29) is 11.8 Å². The van der Waals surface area contributed by atoms with Crippen molar-refractivity contribution in [3.8, 4) is 11.1 Å². The highest BCUT2D eigenvalue weighted by Crippen LogP contribution is 2.40. The van der Waals surface area contributed by atoms with Gasteiger partial charge in [0.25, 0.3) is 11.8 Å². The molecule has 4 rings (SSSR count). The summed E-state index contributed by atoms with van der Waals surface area (Å²) < 4.78 is 0. The predicted octanol–water partition coefficient (Wildman–Crippen LogP) is 4.26. The number of aromatic amines is 1. The number of hydrogen-bond acceptors (Lipinski definition) is 4. The largest absolute Gasteiger partial charge is 0.358 e. The summed E-state index contributed by atoms with van der Waals surface area (Å²) in [5, 5.41) is 6.01. The fourth-order valence-corrected chi connectivity index (χ4v) is 4.52. The summed E-state index contributed by atoms with van der Waals surface area (Å²) >= 11 is 0. The maximum Gasteiger partial charge on any atom is 0.256 e. The molecule has 2 amide bonds. The summed E-state index contributed by atoms with van der Waals surface area (Å²) in [5.41, 5.74) is 7.15. The SMILES string of the molecule is CCN(CC)CCNC(=O)c1c(C)[nH]c(/C=C2\C(=O)Nc3cccc(-c4ccncc4)c32)c1C. The molecular weight excluding hydrogens is 426 g/mol. The zero-order chi connectivity index (χ0) is 24.2. The Kier molecular flexibility index (Phi) is 6.93. The van der Waals surface area contributed by atoms with Crippen LogP contribution in [0.4, 0.5) is 5.69 Å². The van der Waals surface area contributed by atoms with Gasteiger partial charge in [0.05, 0.1) is 11.1 Å². The number of aromatic nitrogens is 2. The van der Waals surface area contributed by atoms with Crippen LogP contribution in [0.5, 0.6) is 0 Å². The minimum Gasteiger partial charge on any atom is -0.358 e. The fourth-order valence-electron chi connectivity index (χ4n) is 4.52. The second-order valence-electron chi connectivity index (χ2n) is 8.42. The molecule has 3 heterocycles. The van der Waals surface area contributed by atoms with E-state index in [0.717, 1.165) is 59.0 Å². The van der Waals surface area contributed by atoms with Gasteiger partial charge >= 0.3 is 0 Å². The van der Waals surface area contributed by atoms with Crippen LogP contribution in [0, 0.1) is 13.8 Å². The first-order valence-corrected chi connectivity index (χ1v) is 11.7. The summed E-state index contributed by atoms with van der Waals surface area (Å²) in [6.45, 7) is 11.3. The minimum atomic E-state index is -0.159. The first kappa shape index (κ1) is 23.4. The third-order valence-corrected chi connectivity index (χ3v) is 6.42. The second-order valence-corrected chi connectivity index (χ2v) is 8.42. The molecule has 0 bridgehead atoms. The van der Waals surface area contributed by atoms with Crippen molar-refractivity contribution in [3.05, 3.63) is 70.8 Å². The molecule has 34 heavy (non-hydrogen) atoms. The van der Waals surface area contributed by atoms with Crippen molar-refractivity contribution in [2.75, 3.05) is 31.5 Å². The van der Waals surface area contributed by atoms with E-state index in [1.54, 1.807) is 12.4 Å². The Balaban J connectivity index is 1.66. The molecule has 1 aliphatic rings. The number of H-pyrrole nitrogens is 1. The minimum absolute atomic E-state index is 0.100. The number of pyridine rings is 1. The lowest BCUT2D eigenvalue weighted by atomic mass is 9.94. The quantitative estimate of drug-likeness (QED) is 0.441. The number of amides is 2. The summed E-state index contributed by atoms with van der Waals surface area (Å²) in [5.74, 6) is -0.259. The molecule has 7 nitrogen and oxygen atoms in total. The van der Waals surface area contributed by atoms with Crippen molar-refractivity contribution < 1.29 is 9.59 Å². The number of carbonyl (C=O) groups is 2. The highest BCUT2D eigenvalue weighted by molar-refractivity contribution is 6.36. The van der Waals surface area contributed by atoms with E-state index in [2.05, 4.69) is 39.3 Å². The Labute approximate surface area is 200 Å². The smallest absolute Gasteiger partial charge is 0.256 e. The van der Waals surface area contributed by atoms with Gasteiger partial charge in [0, 0.05) is 48.1 Å². The van der Waals surface area contributed by atoms with Crippen molar-refractivity contribution in [1.29, 1.82) is 0 Å². The molecule has 0 saturated carbocycles. The maximum atomic E-state index is 12.9. The van der Waals surface area contributed by atoms with Crippen LogP contribution in [0.15, 0.2) is 42.7 Å². The molecule has 7 heteroatoms. The Morgan fingerprint density at radius 2 is 1.85 bits per heavy atom. The van der Waals surface area contributed by atoms with E-state index in [1.165, 1.54) is 0 Å². The molecular formula is C27H31N5O2. The molecule has 0 aliphatic carbocycles. The molecule has 2 aromatic heterocycles. The van der Waals surface area contributed by atoms with E-state index in [4.69, 9.17) is 0 Å². The van der Waals surface area contributed by atoms with Gasteiger partial charge in [-0.3, -0.25) is 14.6 Å². The number of aryl methyl sites for hydroxylation is 1. The third kappa shape index (κ3) is 4.52. The van der Waals surface area contributed by atoms with Gasteiger partial charge in [0.2, 0.25) is 0 Å². The lowest BCUT2D eigenvalue weighted by molar-refractivity contribution is -0.110. The number of rotatable bonds is 8. The fraction of sp³-hybridized carbons (Fsp3) is 0.296. The van der Waals surface area contributed by atoms with Gasteiger partial charge in [-0.1, -0.05) is 26.0 Å². The van der Waals surface area contributed by atoms with Crippen LogP contribution in [0.1, 0.15) is 46.7 Å². The van der Waals surface area contributed by atoms with Gasteiger partial charge in [0.1, 0.15) is 0 Å². The standard InChI is InChI=1S/C27H31N5O2/c1-5-32(6-2)15-14-29-27(34)24-17(3)23(30-18(24)4)16-21-25-20(19-10-12-28-13-11-19)8-7-9-22(25)31-26(21)33/h7-13,16,30H,5-6,14-15H2,1-4H3,(H,29,34)(H,31,33)/b21-16-. The van der Waals surface area contributed by atoms with E-state index in [1.807, 2.05) is 50.3 Å². The molecule has 0 saturated heterocycles. The molecule has 176 valence electrons. The van der Waals surface area contributed by atoms with Crippen LogP contribution in [0.2, 0.25) is 0 Å². The number of likely N-dealkylation sites (N-methyl/N-ethyl adjacent to an activating group) is 1. The van der Waals surface area contributed by atoms with Crippen molar-refractivity contribution in [2.45, 2.75) is 27.7 Å². The molecule has 0 atom stereocenters. The number of hydrogen-bond donors (Lipinski definition) is 3. The summed E-state index contributed by atoms with van der Waals surface area (Å²) in [7, 11) is 0. The highest BCUT2D eigenvalue weighted by atomic mass is 16.2. The van der Waals surface area contributed by atoms with Crippen LogP contribution in [0.25, 0.3) is 22.8 Å². The predicted molar refractivity (Wildman–Crippen MR) is 137 cm³/mol. The lowest BCUT2D eigenvalue weighted by Crippen LogP contribution is -2.35. The zero-order valence-corrected chi connectivity index (χ0v) is 20.2. The van der Waals surface area contributed by atoms with Crippen LogP contribution in [0.3, 0.4) is 0 Å². The van der Waals surface area contributed by atoms with Gasteiger partial charge in [-0.2, -0.15) is 0 Å².